The predicted octanol–water partition coefficient (Wildman–Crippen LogP) is 5.16. The lowest BCUT2D eigenvalue weighted by molar-refractivity contribution is 0.576. The number of benzene rings is 2. The summed E-state index contributed by atoms with van der Waals surface area (Å²) in [4.78, 5) is 2.40. The molecule has 1 atom stereocenters. The van der Waals surface area contributed by atoms with E-state index >= 15 is 0 Å². The molecule has 0 saturated carbocycles. The molecule has 0 radical (unpaired) electrons. The van der Waals surface area contributed by atoms with E-state index in [-0.39, 0.29) is 0 Å². The molecule has 0 bridgehead atoms. The normalized spacial score (nSPS) is 12.4. The number of hydrogen-bond donors (Lipinski definition) is 1. The summed E-state index contributed by atoms with van der Waals surface area (Å²) in [6.45, 7) is 2.19. The van der Waals surface area contributed by atoms with Crippen LogP contribution in [0.3, 0.4) is 0 Å². The van der Waals surface area contributed by atoms with Gasteiger partial charge in [-0.05, 0) is 49.4 Å². The maximum Gasteiger partial charge on any atom is 0.0417 e. The van der Waals surface area contributed by atoms with Gasteiger partial charge in [0.1, 0.15) is 0 Å². The molecule has 1 nitrogen and oxygen atoms in total. The van der Waals surface area contributed by atoms with E-state index in [4.69, 9.17) is 11.6 Å². The van der Waals surface area contributed by atoms with Gasteiger partial charge in [0.25, 0.3) is 0 Å². The van der Waals surface area contributed by atoms with E-state index < -0.39 is 0 Å². The highest BCUT2D eigenvalue weighted by Crippen LogP contribution is 2.30. The zero-order valence-corrected chi connectivity index (χ0v) is 12.8. The molecule has 0 heterocycles. The molecule has 0 aromatic heterocycles. The lowest BCUT2D eigenvalue weighted by Gasteiger charge is -2.14. The maximum absolute atomic E-state index is 5.99. The Kier molecular flexibility index (Phi) is 5.32. The Morgan fingerprint density at radius 2 is 1.84 bits per heavy atom. The van der Waals surface area contributed by atoms with Gasteiger partial charge in [0.05, 0.1) is 0 Å². The van der Waals surface area contributed by atoms with Crippen LogP contribution in [0.1, 0.15) is 24.9 Å². The summed E-state index contributed by atoms with van der Waals surface area (Å²) in [5.41, 5.74) is 1.33. The van der Waals surface area contributed by atoms with Crippen molar-refractivity contribution >= 4 is 23.4 Å². The molecule has 19 heavy (non-hydrogen) atoms. The van der Waals surface area contributed by atoms with Crippen molar-refractivity contribution in [3.63, 3.8) is 0 Å². The van der Waals surface area contributed by atoms with E-state index in [1.807, 2.05) is 25.2 Å². The lowest BCUT2D eigenvalue weighted by atomic mass is 10.1. The lowest BCUT2D eigenvalue weighted by Crippen LogP contribution is -2.14. The fourth-order valence-corrected chi connectivity index (χ4v) is 3.17. The highest BCUT2D eigenvalue weighted by molar-refractivity contribution is 7.99. The van der Waals surface area contributed by atoms with Crippen LogP contribution in [-0.4, -0.2) is 7.05 Å². The molecule has 0 fully saturated rings. The Hall–Kier alpha value is -0.960. The Labute approximate surface area is 124 Å². The molecule has 2 aromatic carbocycles. The molecule has 0 aliphatic carbocycles. The second-order valence-corrected chi connectivity index (χ2v) is 5.96. The van der Waals surface area contributed by atoms with Crippen molar-refractivity contribution in [3.05, 3.63) is 59.1 Å². The Balaban J connectivity index is 2.10. The van der Waals surface area contributed by atoms with Gasteiger partial charge in [-0.2, -0.15) is 0 Å². The van der Waals surface area contributed by atoms with Crippen molar-refractivity contribution in [2.75, 3.05) is 7.05 Å². The average Bonchev–Trinajstić information content (AvgIpc) is 2.42. The fourth-order valence-electron chi connectivity index (χ4n) is 2.04. The predicted molar refractivity (Wildman–Crippen MR) is 84.1 cm³/mol. The van der Waals surface area contributed by atoms with Gasteiger partial charge in [0.2, 0.25) is 0 Å². The minimum absolute atomic E-state index is 0.435. The molecule has 3 heteroatoms. The first kappa shape index (κ1) is 14.4. The van der Waals surface area contributed by atoms with Crippen molar-refractivity contribution in [1.82, 2.24) is 5.32 Å². The minimum atomic E-state index is 0.435. The van der Waals surface area contributed by atoms with E-state index in [2.05, 4.69) is 42.6 Å². The third-order valence-electron chi connectivity index (χ3n) is 3.07. The van der Waals surface area contributed by atoms with Crippen LogP contribution in [0, 0.1) is 0 Å². The van der Waals surface area contributed by atoms with Crippen molar-refractivity contribution in [1.29, 1.82) is 0 Å². The summed E-state index contributed by atoms with van der Waals surface area (Å²) in [6, 6.07) is 17.1. The molecule has 100 valence electrons. The van der Waals surface area contributed by atoms with E-state index in [9.17, 15) is 0 Å². The molecule has 1 N–H and O–H groups in total. The van der Waals surface area contributed by atoms with Crippen LogP contribution >= 0.6 is 23.4 Å². The number of hydrogen-bond acceptors (Lipinski definition) is 2. The van der Waals surface area contributed by atoms with Crippen LogP contribution in [-0.2, 0) is 0 Å². The summed E-state index contributed by atoms with van der Waals surface area (Å²) in [5.74, 6) is 0. The van der Waals surface area contributed by atoms with E-state index in [0.717, 1.165) is 11.4 Å². The van der Waals surface area contributed by atoms with Crippen molar-refractivity contribution < 1.29 is 0 Å². The third-order valence-corrected chi connectivity index (χ3v) is 4.30. The highest BCUT2D eigenvalue weighted by atomic mass is 35.5. The van der Waals surface area contributed by atoms with E-state index in [1.54, 1.807) is 11.8 Å². The zero-order valence-electron chi connectivity index (χ0n) is 11.2. The van der Waals surface area contributed by atoms with Crippen LogP contribution in [0.5, 0.6) is 0 Å². The first-order valence-corrected chi connectivity index (χ1v) is 7.63. The molecule has 0 aliphatic heterocycles. The molecule has 1 unspecified atom stereocenters. The maximum atomic E-state index is 5.99. The second kappa shape index (κ2) is 6.99. The molecule has 0 spiro atoms. The minimum Gasteiger partial charge on any atom is -0.313 e. The molecular weight excluding hydrogens is 274 g/mol. The highest BCUT2D eigenvalue weighted by Gasteiger charge is 2.06. The van der Waals surface area contributed by atoms with Crippen LogP contribution < -0.4 is 5.32 Å². The molecule has 2 aromatic rings. The summed E-state index contributed by atoms with van der Waals surface area (Å²) in [5, 5.41) is 4.10. The monoisotopic (exact) mass is 291 g/mol. The Bertz CT molecular complexity index is 521. The van der Waals surface area contributed by atoms with Crippen molar-refractivity contribution in [2.24, 2.45) is 0 Å². The summed E-state index contributed by atoms with van der Waals surface area (Å²) < 4.78 is 0. The summed E-state index contributed by atoms with van der Waals surface area (Å²) in [6.07, 6.45) is 1.09. The van der Waals surface area contributed by atoms with E-state index in [1.165, 1.54) is 15.4 Å². The quantitative estimate of drug-likeness (QED) is 0.816. The van der Waals surface area contributed by atoms with Crippen LogP contribution in [0.15, 0.2) is 58.3 Å². The van der Waals surface area contributed by atoms with Crippen molar-refractivity contribution in [3.8, 4) is 0 Å². The van der Waals surface area contributed by atoms with Crippen LogP contribution in [0.25, 0.3) is 0 Å². The number of rotatable bonds is 5. The topological polar surface area (TPSA) is 12.0 Å². The number of nitrogens with one attached hydrogen (secondary N) is 1. The average molecular weight is 292 g/mol. The largest absolute Gasteiger partial charge is 0.313 e. The fraction of sp³-hybridized carbons (Fsp3) is 0.250. The standard InChI is InChI=1S/C16H18ClNS/c1-3-16(18-2)12-7-9-14(10-8-12)19-15-6-4-5-13(17)11-15/h4-11,16,18H,3H2,1-2H3. The summed E-state index contributed by atoms with van der Waals surface area (Å²) in [7, 11) is 2.00. The summed E-state index contributed by atoms with van der Waals surface area (Å²) >= 11 is 7.73. The molecule has 0 saturated heterocycles. The zero-order chi connectivity index (χ0) is 13.7. The smallest absolute Gasteiger partial charge is 0.0417 e. The van der Waals surface area contributed by atoms with Gasteiger partial charge in [0, 0.05) is 20.9 Å². The van der Waals surface area contributed by atoms with Gasteiger partial charge in [-0.3, -0.25) is 0 Å². The Morgan fingerprint density at radius 3 is 2.42 bits per heavy atom. The number of halogens is 1. The van der Waals surface area contributed by atoms with Crippen LogP contribution in [0.2, 0.25) is 5.02 Å². The van der Waals surface area contributed by atoms with E-state index in [0.29, 0.717) is 6.04 Å². The molecule has 0 amide bonds. The van der Waals surface area contributed by atoms with Gasteiger partial charge in [-0.25, -0.2) is 0 Å². The Morgan fingerprint density at radius 1 is 1.11 bits per heavy atom. The van der Waals surface area contributed by atoms with Crippen molar-refractivity contribution in [2.45, 2.75) is 29.2 Å². The SMILES string of the molecule is CCC(NC)c1ccc(Sc2cccc(Cl)c2)cc1. The first-order chi connectivity index (χ1) is 9.22. The molecule has 2 rings (SSSR count). The second-order valence-electron chi connectivity index (χ2n) is 4.38. The van der Waals surface area contributed by atoms with Gasteiger partial charge < -0.3 is 5.32 Å². The third kappa shape index (κ3) is 4.00. The van der Waals surface area contributed by atoms with Gasteiger partial charge in [-0.1, -0.05) is 48.5 Å². The molecule has 0 aliphatic rings. The van der Waals surface area contributed by atoms with Gasteiger partial charge >= 0.3 is 0 Å². The van der Waals surface area contributed by atoms with Crippen LogP contribution in [0.4, 0.5) is 0 Å². The molecular formula is C16H18ClNS. The first-order valence-electron chi connectivity index (χ1n) is 6.43. The van der Waals surface area contributed by atoms with Gasteiger partial charge in [-0.15, -0.1) is 0 Å². The van der Waals surface area contributed by atoms with Gasteiger partial charge in [0.15, 0.2) is 0 Å².